The Kier molecular flexibility index (Phi) is 7.62. The van der Waals surface area contributed by atoms with Gasteiger partial charge in [-0.2, -0.15) is 10.2 Å². The molecule has 0 bridgehead atoms. The van der Waals surface area contributed by atoms with Crippen LogP contribution in [0.1, 0.15) is 42.2 Å². The van der Waals surface area contributed by atoms with E-state index in [1.54, 1.807) is 18.2 Å². The number of rotatable bonds is 9. The Balaban J connectivity index is 1.58. The summed E-state index contributed by atoms with van der Waals surface area (Å²) in [6.45, 7) is 2.87. The maximum absolute atomic E-state index is 12.3. The number of hydrogen-bond donors (Lipinski definition) is 3. The Labute approximate surface area is 183 Å². The molecule has 0 unspecified atom stereocenters. The highest BCUT2D eigenvalue weighted by Gasteiger charge is 2.11. The monoisotopic (exact) mass is 470 g/mol. The third-order valence-corrected chi connectivity index (χ3v) is 4.84. The summed E-state index contributed by atoms with van der Waals surface area (Å²) in [5, 5.41) is 20.6. The van der Waals surface area contributed by atoms with Crippen LogP contribution in [-0.4, -0.2) is 34.0 Å². The number of carbonyl (C=O) groups excluding carboxylic acids is 1. The minimum absolute atomic E-state index is 0.0674. The molecule has 0 aliphatic rings. The predicted octanol–water partition coefficient (Wildman–Crippen LogP) is 4.88. The summed E-state index contributed by atoms with van der Waals surface area (Å²) >= 11 is 3.32. The first-order valence-electron chi connectivity index (χ1n) is 9.67. The molecule has 3 rings (SSSR count). The number of nitrogens with zero attached hydrogens (tertiary/aromatic N) is 2. The maximum Gasteiger partial charge on any atom is 0.289 e. The van der Waals surface area contributed by atoms with Crippen LogP contribution in [0.25, 0.3) is 11.3 Å². The molecule has 3 aromatic rings. The van der Waals surface area contributed by atoms with Gasteiger partial charge in [0.15, 0.2) is 0 Å². The lowest BCUT2D eigenvalue weighted by atomic mass is 10.1. The van der Waals surface area contributed by atoms with Gasteiger partial charge in [-0.15, -0.1) is 0 Å². The molecule has 156 valence electrons. The van der Waals surface area contributed by atoms with Crippen molar-refractivity contribution in [3.05, 3.63) is 64.3 Å². The normalized spacial score (nSPS) is 11.0. The quantitative estimate of drug-likeness (QED) is 0.235. The van der Waals surface area contributed by atoms with E-state index in [-0.39, 0.29) is 11.4 Å². The Morgan fingerprint density at radius 3 is 2.80 bits per heavy atom. The molecule has 0 radical (unpaired) electrons. The topological polar surface area (TPSA) is 99.6 Å². The van der Waals surface area contributed by atoms with E-state index in [0.717, 1.165) is 35.0 Å². The summed E-state index contributed by atoms with van der Waals surface area (Å²) in [5.74, 6) is 0.446. The molecular weight excluding hydrogens is 448 g/mol. The van der Waals surface area contributed by atoms with Gasteiger partial charge in [0.1, 0.15) is 17.2 Å². The molecule has 0 atom stereocenters. The lowest BCUT2D eigenvalue weighted by Crippen LogP contribution is -2.18. The van der Waals surface area contributed by atoms with Crippen LogP contribution in [0.3, 0.4) is 0 Å². The van der Waals surface area contributed by atoms with Gasteiger partial charge in [0.25, 0.3) is 5.91 Å². The number of aromatic hydroxyl groups is 1. The number of hydrogen-bond acceptors (Lipinski definition) is 5. The van der Waals surface area contributed by atoms with E-state index in [9.17, 15) is 9.90 Å². The van der Waals surface area contributed by atoms with Crippen LogP contribution in [0.2, 0.25) is 0 Å². The van der Waals surface area contributed by atoms with Crippen LogP contribution in [0, 0.1) is 0 Å². The van der Waals surface area contributed by atoms with Gasteiger partial charge in [0, 0.05) is 15.6 Å². The van der Waals surface area contributed by atoms with E-state index in [1.165, 1.54) is 12.3 Å². The number of ether oxygens (including phenoxy) is 1. The number of unbranched alkanes of at least 4 members (excludes halogenated alkanes) is 2. The molecule has 0 fully saturated rings. The zero-order valence-electron chi connectivity index (χ0n) is 16.6. The fourth-order valence-electron chi connectivity index (χ4n) is 2.70. The van der Waals surface area contributed by atoms with Gasteiger partial charge in [0.2, 0.25) is 0 Å². The predicted molar refractivity (Wildman–Crippen MR) is 120 cm³/mol. The summed E-state index contributed by atoms with van der Waals surface area (Å²) in [5.41, 5.74) is 4.69. The van der Waals surface area contributed by atoms with E-state index in [4.69, 9.17) is 4.74 Å². The van der Waals surface area contributed by atoms with Crippen molar-refractivity contribution in [2.24, 2.45) is 5.10 Å². The standard InChI is InChI=1S/C22H23BrN4O3/c1-2-3-4-11-30-18-8-5-15(6-9-18)19-13-20(26-25-19)22(29)27-24-14-16-12-17(23)7-10-21(16)28/h5-10,12-14,28H,2-4,11H2,1H3,(H,25,26)(H,27,29)/b24-14-. The van der Waals surface area contributed by atoms with Gasteiger partial charge >= 0.3 is 0 Å². The first-order valence-corrected chi connectivity index (χ1v) is 10.5. The first kappa shape index (κ1) is 21.6. The van der Waals surface area contributed by atoms with Crippen molar-refractivity contribution >= 4 is 28.1 Å². The number of aromatic nitrogens is 2. The molecule has 0 saturated heterocycles. The second-order valence-electron chi connectivity index (χ2n) is 6.65. The van der Waals surface area contributed by atoms with Crippen LogP contribution in [0.15, 0.2) is 58.1 Å². The summed E-state index contributed by atoms with van der Waals surface area (Å²) in [7, 11) is 0. The van der Waals surface area contributed by atoms with Crippen LogP contribution < -0.4 is 10.2 Å². The minimum Gasteiger partial charge on any atom is -0.507 e. The number of phenols is 1. The zero-order valence-corrected chi connectivity index (χ0v) is 18.1. The number of carbonyl (C=O) groups is 1. The largest absolute Gasteiger partial charge is 0.507 e. The number of H-pyrrole nitrogens is 1. The Morgan fingerprint density at radius 2 is 2.03 bits per heavy atom. The molecule has 1 aromatic heterocycles. The molecule has 7 nitrogen and oxygen atoms in total. The van der Waals surface area contributed by atoms with Gasteiger partial charge in [0.05, 0.1) is 18.5 Å². The molecule has 2 aromatic carbocycles. The second kappa shape index (κ2) is 10.6. The molecule has 0 aliphatic heterocycles. The molecule has 0 spiro atoms. The van der Waals surface area contributed by atoms with Crippen LogP contribution >= 0.6 is 15.9 Å². The second-order valence-corrected chi connectivity index (χ2v) is 7.56. The van der Waals surface area contributed by atoms with Gasteiger partial charge in [-0.25, -0.2) is 5.43 Å². The van der Waals surface area contributed by atoms with Crippen molar-refractivity contribution in [3.63, 3.8) is 0 Å². The van der Waals surface area contributed by atoms with Crippen molar-refractivity contribution < 1.29 is 14.6 Å². The van der Waals surface area contributed by atoms with Crippen molar-refractivity contribution in [1.29, 1.82) is 0 Å². The highest BCUT2D eigenvalue weighted by molar-refractivity contribution is 9.10. The number of phenolic OH excluding ortho intramolecular Hbond substituents is 1. The fourth-order valence-corrected chi connectivity index (χ4v) is 3.08. The van der Waals surface area contributed by atoms with Crippen LogP contribution in [-0.2, 0) is 0 Å². The van der Waals surface area contributed by atoms with E-state index in [0.29, 0.717) is 17.9 Å². The van der Waals surface area contributed by atoms with Gasteiger partial charge in [-0.1, -0.05) is 35.7 Å². The Morgan fingerprint density at radius 1 is 1.23 bits per heavy atom. The summed E-state index contributed by atoms with van der Waals surface area (Å²) in [6.07, 6.45) is 4.73. The number of hydrazone groups is 1. The Bertz CT molecular complexity index is 1020. The molecule has 30 heavy (non-hydrogen) atoms. The van der Waals surface area contributed by atoms with E-state index < -0.39 is 5.91 Å². The van der Waals surface area contributed by atoms with Crippen LogP contribution in [0.4, 0.5) is 0 Å². The molecule has 3 N–H and O–H groups in total. The fraction of sp³-hybridized carbons (Fsp3) is 0.227. The first-order chi connectivity index (χ1) is 14.6. The number of halogens is 1. The number of nitrogens with one attached hydrogen (secondary N) is 2. The van der Waals surface area contributed by atoms with Crippen molar-refractivity contribution in [3.8, 4) is 22.8 Å². The van der Waals surface area contributed by atoms with Crippen molar-refractivity contribution in [2.75, 3.05) is 6.61 Å². The average Bonchev–Trinajstić information content (AvgIpc) is 3.24. The summed E-state index contributed by atoms with van der Waals surface area (Å²) in [4.78, 5) is 12.3. The van der Waals surface area contributed by atoms with E-state index in [1.807, 2.05) is 24.3 Å². The summed E-state index contributed by atoms with van der Waals surface area (Å²) < 4.78 is 6.50. The highest BCUT2D eigenvalue weighted by atomic mass is 79.9. The van der Waals surface area contributed by atoms with E-state index >= 15 is 0 Å². The van der Waals surface area contributed by atoms with Crippen molar-refractivity contribution in [1.82, 2.24) is 15.6 Å². The third kappa shape index (κ3) is 5.93. The maximum atomic E-state index is 12.3. The molecule has 1 amide bonds. The number of benzene rings is 2. The molecular formula is C22H23BrN4O3. The van der Waals surface area contributed by atoms with Crippen LogP contribution in [0.5, 0.6) is 11.5 Å². The summed E-state index contributed by atoms with van der Waals surface area (Å²) in [6, 6.07) is 14.2. The van der Waals surface area contributed by atoms with Gasteiger partial charge in [-0.3, -0.25) is 9.89 Å². The molecule has 0 saturated carbocycles. The smallest absolute Gasteiger partial charge is 0.289 e. The van der Waals surface area contributed by atoms with Gasteiger partial charge < -0.3 is 9.84 Å². The lowest BCUT2D eigenvalue weighted by Gasteiger charge is -2.06. The number of amides is 1. The van der Waals surface area contributed by atoms with Crippen molar-refractivity contribution in [2.45, 2.75) is 26.2 Å². The third-order valence-electron chi connectivity index (χ3n) is 4.35. The Hall–Kier alpha value is -3.13. The van der Waals surface area contributed by atoms with Gasteiger partial charge in [-0.05, 0) is 55.0 Å². The molecule has 8 heteroatoms. The average molecular weight is 471 g/mol. The lowest BCUT2D eigenvalue weighted by molar-refractivity contribution is 0.0950. The number of aromatic amines is 1. The molecule has 0 aliphatic carbocycles. The van der Waals surface area contributed by atoms with E-state index in [2.05, 4.69) is 43.6 Å². The highest BCUT2D eigenvalue weighted by Crippen LogP contribution is 2.22. The zero-order chi connectivity index (χ0) is 21.3. The molecule has 1 heterocycles. The SMILES string of the molecule is CCCCCOc1ccc(-c2cc(C(=O)N/N=C\c3cc(Br)ccc3O)[nH]n2)cc1. The minimum atomic E-state index is -0.435.